The molecule has 1 aliphatic rings. The van der Waals surface area contributed by atoms with Crippen LogP contribution >= 0.6 is 0 Å². The van der Waals surface area contributed by atoms with Gasteiger partial charge in [0.25, 0.3) is 0 Å². The lowest BCUT2D eigenvalue weighted by Gasteiger charge is -2.22. The maximum absolute atomic E-state index is 3.84. The standard InChI is InChI=1S/C16H24N2/c1-3-9-18(10-4-2)13-14-5-6-15-7-8-17-12-16(15)11-14/h3,5-6,11,17H,1,4,7-10,12-13H2,2H3. The summed E-state index contributed by atoms with van der Waals surface area (Å²) in [5.41, 5.74) is 4.42. The van der Waals surface area contributed by atoms with E-state index in [2.05, 4.69) is 41.9 Å². The van der Waals surface area contributed by atoms with Crippen molar-refractivity contribution in [2.45, 2.75) is 32.9 Å². The van der Waals surface area contributed by atoms with Gasteiger partial charge in [-0.15, -0.1) is 6.58 Å². The molecule has 0 aromatic heterocycles. The largest absolute Gasteiger partial charge is 0.312 e. The van der Waals surface area contributed by atoms with Gasteiger partial charge in [-0.05, 0) is 42.6 Å². The molecule has 1 aliphatic heterocycles. The SMILES string of the molecule is C=CCN(CCC)Cc1ccc2c(c1)CNCC2. The average Bonchev–Trinajstić information content (AvgIpc) is 2.39. The minimum absolute atomic E-state index is 0.975. The summed E-state index contributed by atoms with van der Waals surface area (Å²) in [6.07, 6.45) is 4.36. The van der Waals surface area contributed by atoms with Crippen LogP contribution in [0.5, 0.6) is 0 Å². The van der Waals surface area contributed by atoms with Crippen LogP contribution in [-0.2, 0) is 19.5 Å². The zero-order valence-corrected chi connectivity index (χ0v) is 11.4. The van der Waals surface area contributed by atoms with Crippen molar-refractivity contribution < 1.29 is 0 Å². The van der Waals surface area contributed by atoms with E-state index in [4.69, 9.17) is 0 Å². The van der Waals surface area contributed by atoms with Crippen LogP contribution in [0, 0.1) is 0 Å². The summed E-state index contributed by atoms with van der Waals surface area (Å²) in [5, 5.41) is 3.44. The van der Waals surface area contributed by atoms with Crippen LogP contribution in [0.15, 0.2) is 30.9 Å². The molecule has 98 valence electrons. The van der Waals surface area contributed by atoms with Crippen molar-refractivity contribution in [3.8, 4) is 0 Å². The maximum Gasteiger partial charge on any atom is 0.0237 e. The molecule has 2 rings (SSSR count). The van der Waals surface area contributed by atoms with Gasteiger partial charge < -0.3 is 5.32 Å². The fourth-order valence-electron chi connectivity index (χ4n) is 2.62. The van der Waals surface area contributed by atoms with Crippen molar-refractivity contribution in [2.24, 2.45) is 0 Å². The Morgan fingerprint density at radius 1 is 1.39 bits per heavy atom. The number of rotatable bonds is 6. The van der Waals surface area contributed by atoms with Crippen LogP contribution < -0.4 is 5.32 Å². The van der Waals surface area contributed by atoms with Gasteiger partial charge in [-0.1, -0.05) is 31.2 Å². The number of fused-ring (bicyclic) bond motifs is 1. The molecule has 0 spiro atoms. The Kier molecular flexibility index (Phi) is 4.97. The second-order valence-electron chi connectivity index (χ2n) is 5.05. The van der Waals surface area contributed by atoms with Crippen LogP contribution in [0.3, 0.4) is 0 Å². The lowest BCUT2D eigenvalue weighted by molar-refractivity contribution is 0.295. The Balaban J connectivity index is 2.05. The quantitative estimate of drug-likeness (QED) is 0.774. The van der Waals surface area contributed by atoms with Crippen LogP contribution in [-0.4, -0.2) is 24.5 Å². The third-order valence-corrected chi connectivity index (χ3v) is 3.49. The highest BCUT2D eigenvalue weighted by atomic mass is 15.1. The summed E-state index contributed by atoms with van der Waals surface area (Å²) in [6, 6.07) is 6.96. The van der Waals surface area contributed by atoms with Gasteiger partial charge in [0.1, 0.15) is 0 Å². The van der Waals surface area contributed by atoms with Crippen molar-refractivity contribution in [2.75, 3.05) is 19.6 Å². The Morgan fingerprint density at radius 3 is 3.06 bits per heavy atom. The van der Waals surface area contributed by atoms with Gasteiger partial charge in [0.2, 0.25) is 0 Å². The van der Waals surface area contributed by atoms with Gasteiger partial charge in [-0.3, -0.25) is 4.90 Å². The highest BCUT2D eigenvalue weighted by molar-refractivity contribution is 5.33. The minimum Gasteiger partial charge on any atom is -0.312 e. The molecule has 0 bridgehead atoms. The first-order valence-corrected chi connectivity index (χ1v) is 6.98. The molecule has 0 saturated carbocycles. The van der Waals surface area contributed by atoms with E-state index < -0.39 is 0 Å². The zero-order chi connectivity index (χ0) is 12.8. The number of hydrogen-bond acceptors (Lipinski definition) is 2. The van der Waals surface area contributed by atoms with Crippen LogP contribution in [0.25, 0.3) is 0 Å². The van der Waals surface area contributed by atoms with E-state index in [0.717, 1.165) is 32.7 Å². The summed E-state index contributed by atoms with van der Waals surface area (Å²) in [6.45, 7) is 11.4. The van der Waals surface area contributed by atoms with Crippen LogP contribution in [0.4, 0.5) is 0 Å². The molecule has 2 heteroatoms. The van der Waals surface area contributed by atoms with Gasteiger partial charge in [0.05, 0.1) is 0 Å². The maximum atomic E-state index is 3.84. The molecule has 18 heavy (non-hydrogen) atoms. The molecule has 0 saturated heterocycles. The van der Waals surface area contributed by atoms with Gasteiger partial charge >= 0.3 is 0 Å². The van der Waals surface area contributed by atoms with Crippen molar-refractivity contribution in [1.82, 2.24) is 10.2 Å². The lowest BCUT2D eigenvalue weighted by Crippen LogP contribution is -2.26. The van der Waals surface area contributed by atoms with E-state index in [1.54, 1.807) is 0 Å². The van der Waals surface area contributed by atoms with Crippen LogP contribution in [0.2, 0.25) is 0 Å². The summed E-state index contributed by atoms with van der Waals surface area (Å²) in [4.78, 5) is 2.45. The first kappa shape index (κ1) is 13.3. The number of nitrogens with zero attached hydrogens (tertiary/aromatic N) is 1. The molecule has 0 atom stereocenters. The summed E-state index contributed by atoms with van der Waals surface area (Å²) in [7, 11) is 0. The topological polar surface area (TPSA) is 15.3 Å². The highest BCUT2D eigenvalue weighted by Gasteiger charge is 2.10. The third kappa shape index (κ3) is 3.44. The van der Waals surface area contributed by atoms with Gasteiger partial charge in [-0.2, -0.15) is 0 Å². The Hall–Kier alpha value is -1.12. The molecule has 1 heterocycles. The van der Waals surface area contributed by atoms with Crippen molar-refractivity contribution >= 4 is 0 Å². The fourth-order valence-corrected chi connectivity index (χ4v) is 2.62. The second kappa shape index (κ2) is 6.72. The Labute approximate surface area is 111 Å². The zero-order valence-electron chi connectivity index (χ0n) is 11.4. The lowest BCUT2D eigenvalue weighted by atomic mass is 9.98. The predicted molar refractivity (Wildman–Crippen MR) is 77.6 cm³/mol. The molecule has 2 nitrogen and oxygen atoms in total. The highest BCUT2D eigenvalue weighted by Crippen LogP contribution is 2.17. The smallest absolute Gasteiger partial charge is 0.0237 e. The van der Waals surface area contributed by atoms with E-state index in [1.807, 2.05) is 6.08 Å². The van der Waals surface area contributed by atoms with E-state index in [9.17, 15) is 0 Å². The van der Waals surface area contributed by atoms with E-state index in [0.29, 0.717) is 0 Å². The molecular weight excluding hydrogens is 220 g/mol. The molecule has 0 radical (unpaired) electrons. The Bertz CT molecular complexity index is 398. The monoisotopic (exact) mass is 244 g/mol. The molecule has 0 amide bonds. The predicted octanol–water partition coefficient (Wildman–Crippen LogP) is 2.73. The minimum atomic E-state index is 0.975. The first-order chi connectivity index (χ1) is 8.83. The number of benzene rings is 1. The second-order valence-corrected chi connectivity index (χ2v) is 5.05. The van der Waals surface area contributed by atoms with E-state index in [-0.39, 0.29) is 0 Å². The normalized spacial score (nSPS) is 14.6. The molecule has 0 fully saturated rings. The van der Waals surface area contributed by atoms with Crippen molar-refractivity contribution in [3.63, 3.8) is 0 Å². The summed E-state index contributed by atoms with van der Waals surface area (Å²) >= 11 is 0. The third-order valence-electron chi connectivity index (χ3n) is 3.49. The van der Waals surface area contributed by atoms with Crippen molar-refractivity contribution in [1.29, 1.82) is 0 Å². The fraction of sp³-hybridized carbons (Fsp3) is 0.500. The number of hydrogen-bond donors (Lipinski definition) is 1. The van der Waals surface area contributed by atoms with Crippen LogP contribution in [0.1, 0.15) is 30.0 Å². The molecular formula is C16H24N2. The van der Waals surface area contributed by atoms with Gasteiger partial charge in [0, 0.05) is 19.6 Å². The van der Waals surface area contributed by atoms with Gasteiger partial charge in [-0.25, -0.2) is 0 Å². The Morgan fingerprint density at radius 2 is 2.28 bits per heavy atom. The average molecular weight is 244 g/mol. The number of nitrogens with one attached hydrogen (secondary N) is 1. The van der Waals surface area contributed by atoms with E-state index >= 15 is 0 Å². The molecule has 1 aromatic carbocycles. The van der Waals surface area contributed by atoms with Crippen molar-refractivity contribution in [3.05, 3.63) is 47.5 Å². The first-order valence-electron chi connectivity index (χ1n) is 6.98. The summed E-state index contributed by atoms with van der Waals surface area (Å²) in [5.74, 6) is 0. The molecule has 1 N–H and O–H groups in total. The van der Waals surface area contributed by atoms with E-state index in [1.165, 1.54) is 29.5 Å². The molecule has 0 unspecified atom stereocenters. The molecule has 0 aliphatic carbocycles. The molecule has 1 aromatic rings. The summed E-state index contributed by atoms with van der Waals surface area (Å²) < 4.78 is 0. The van der Waals surface area contributed by atoms with Gasteiger partial charge in [0.15, 0.2) is 0 Å².